The monoisotopic (exact) mass is 518 g/mol. The molecule has 0 unspecified atom stereocenters. The Kier molecular flexibility index (Phi) is 8.36. The van der Waals surface area contributed by atoms with E-state index in [9.17, 15) is 0 Å². The largest absolute Gasteiger partial charge is 0.361 e. The number of piperidine rings is 1. The first kappa shape index (κ1) is 22.4. The number of nitrogens with one attached hydrogen (secondary N) is 3. The van der Waals surface area contributed by atoms with Crippen LogP contribution in [0, 0.1) is 0 Å². The van der Waals surface area contributed by atoms with Gasteiger partial charge < -0.3 is 20.5 Å². The van der Waals surface area contributed by atoms with Crippen LogP contribution in [-0.2, 0) is 13.0 Å². The molecule has 0 aliphatic carbocycles. The summed E-state index contributed by atoms with van der Waals surface area (Å²) in [5.74, 6) is 1.91. The molecule has 0 amide bonds. The average molecular weight is 518 g/mol. The predicted molar refractivity (Wildman–Crippen MR) is 136 cm³/mol. The van der Waals surface area contributed by atoms with Crippen molar-refractivity contribution in [3.8, 4) is 0 Å². The number of nitrogens with zero attached hydrogens (tertiary/aromatic N) is 3. The van der Waals surface area contributed by atoms with Crippen molar-refractivity contribution in [2.45, 2.75) is 32.2 Å². The quantitative estimate of drug-likeness (QED) is 0.262. The lowest BCUT2D eigenvalue weighted by molar-refractivity contribution is 0.573. The number of aromatic amines is 1. The molecule has 160 valence electrons. The number of guanidine groups is 1. The summed E-state index contributed by atoms with van der Waals surface area (Å²) in [6.45, 7) is 3.79. The number of hydrogen-bond acceptors (Lipinski definition) is 3. The highest BCUT2D eigenvalue weighted by Gasteiger charge is 2.12. The summed E-state index contributed by atoms with van der Waals surface area (Å²) in [6.07, 6.45) is 8.81. The number of hydrogen-bond donors (Lipinski definition) is 3. The fraction of sp³-hybridized carbons (Fsp3) is 0.391. The molecule has 0 saturated carbocycles. The molecule has 1 aromatic carbocycles. The van der Waals surface area contributed by atoms with Crippen LogP contribution in [0.5, 0.6) is 0 Å². The number of para-hydroxylation sites is 1. The highest BCUT2D eigenvalue weighted by atomic mass is 127. The van der Waals surface area contributed by atoms with E-state index in [2.05, 4.69) is 73.1 Å². The molecule has 6 nitrogen and oxygen atoms in total. The SMILES string of the molecule is CN=C(NCCc1c[nH]c2ccccc12)NCc1ccnc(N2CCCCC2)c1.I. The average Bonchev–Trinajstić information content (AvgIpc) is 3.20. The van der Waals surface area contributed by atoms with E-state index in [1.54, 1.807) is 0 Å². The molecule has 7 heteroatoms. The normalized spacial score (nSPS) is 14.4. The highest BCUT2D eigenvalue weighted by Crippen LogP contribution is 2.19. The number of rotatable bonds is 6. The second kappa shape index (κ2) is 11.2. The van der Waals surface area contributed by atoms with Gasteiger partial charge in [0.2, 0.25) is 0 Å². The lowest BCUT2D eigenvalue weighted by Gasteiger charge is -2.28. The minimum absolute atomic E-state index is 0. The minimum Gasteiger partial charge on any atom is -0.361 e. The summed E-state index contributed by atoms with van der Waals surface area (Å²) in [6, 6.07) is 12.7. The third-order valence-electron chi connectivity index (χ3n) is 5.54. The minimum atomic E-state index is 0. The molecule has 1 aliphatic rings. The van der Waals surface area contributed by atoms with Crippen molar-refractivity contribution >= 4 is 46.7 Å². The molecule has 0 bridgehead atoms. The molecule has 3 aromatic rings. The zero-order valence-electron chi connectivity index (χ0n) is 17.5. The van der Waals surface area contributed by atoms with Crippen LogP contribution in [0.2, 0.25) is 0 Å². The van der Waals surface area contributed by atoms with E-state index in [0.29, 0.717) is 0 Å². The first-order chi connectivity index (χ1) is 14.3. The van der Waals surface area contributed by atoms with Gasteiger partial charge in [-0.1, -0.05) is 18.2 Å². The second-order valence-electron chi connectivity index (χ2n) is 7.53. The van der Waals surface area contributed by atoms with Crippen LogP contribution in [0.4, 0.5) is 5.82 Å². The highest BCUT2D eigenvalue weighted by molar-refractivity contribution is 14.0. The summed E-state index contributed by atoms with van der Waals surface area (Å²) in [5.41, 5.74) is 3.73. The van der Waals surface area contributed by atoms with E-state index in [4.69, 9.17) is 0 Å². The maximum atomic E-state index is 4.56. The van der Waals surface area contributed by atoms with E-state index in [-0.39, 0.29) is 24.0 Å². The molecule has 3 heterocycles. The number of anilines is 1. The van der Waals surface area contributed by atoms with Gasteiger partial charge in [-0.25, -0.2) is 4.98 Å². The van der Waals surface area contributed by atoms with Gasteiger partial charge in [-0.2, -0.15) is 0 Å². The Bertz CT molecular complexity index is 961. The topological polar surface area (TPSA) is 68.3 Å². The summed E-state index contributed by atoms with van der Waals surface area (Å²) in [5, 5.41) is 8.13. The summed E-state index contributed by atoms with van der Waals surface area (Å²) in [4.78, 5) is 14.6. The predicted octanol–water partition coefficient (Wildman–Crippen LogP) is 4.08. The Balaban J connectivity index is 0.00000256. The zero-order valence-corrected chi connectivity index (χ0v) is 19.9. The molecule has 4 rings (SSSR count). The Hall–Kier alpha value is -2.29. The van der Waals surface area contributed by atoms with Gasteiger partial charge in [0, 0.05) is 56.5 Å². The Morgan fingerprint density at radius 1 is 1.13 bits per heavy atom. The van der Waals surface area contributed by atoms with Gasteiger partial charge in [-0.05, 0) is 55.0 Å². The molecule has 1 saturated heterocycles. The fourth-order valence-corrected chi connectivity index (χ4v) is 3.93. The van der Waals surface area contributed by atoms with Gasteiger partial charge in [0.15, 0.2) is 5.96 Å². The summed E-state index contributed by atoms with van der Waals surface area (Å²) < 4.78 is 0. The molecule has 2 aromatic heterocycles. The van der Waals surface area contributed by atoms with E-state index >= 15 is 0 Å². The maximum Gasteiger partial charge on any atom is 0.191 e. The number of aromatic nitrogens is 2. The second-order valence-corrected chi connectivity index (χ2v) is 7.53. The summed E-state index contributed by atoms with van der Waals surface area (Å²) >= 11 is 0. The lowest BCUT2D eigenvalue weighted by Crippen LogP contribution is -2.38. The molecule has 0 radical (unpaired) electrons. The fourth-order valence-electron chi connectivity index (χ4n) is 3.93. The third kappa shape index (κ3) is 5.65. The van der Waals surface area contributed by atoms with Crippen molar-refractivity contribution in [1.29, 1.82) is 0 Å². The Morgan fingerprint density at radius 2 is 1.97 bits per heavy atom. The smallest absolute Gasteiger partial charge is 0.191 e. The number of fused-ring (bicyclic) bond motifs is 1. The van der Waals surface area contributed by atoms with Crippen LogP contribution in [0.25, 0.3) is 10.9 Å². The molecular weight excluding hydrogens is 487 g/mol. The standard InChI is InChI=1S/C23H30N6.HI/c1-24-23(26-12-10-19-17-27-21-8-4-3-7-20(19)21)28-16-18-9-11-25-22(15-18)29-13-5-2-6-14-29;/h3-4,7-9,11,15,17,27H,2,5-6,10,12-14,16H2,1H3,(H2,24,26,28);1H. The van der Waals surface area contributed by atoms with E-state index in [0.717, 1.165) is 44.4 Å². The van der Waals surface area contributed by atoms with Crippen molar-refractivity contribution in [3.05, 3.63) is 59.9 Å². The van der Waals surface area contributed by atoms with Crippen LogP contribution in [-0.4, -0.2) is 42.6 Å². The van der Waals surface area contributed by atoms with Crippen LogP contribution in [0.15, 0.2) is 53.8 Å². The Morgan fingerprint density at radius 3 is 2.80 bits per heavy atom. The first-order valence-corrected chi connectivity index (χ1v) is 10.5. The molecular formula is C23H31IN6. The van der Waals surface area contributed by atoms with Crippen LogP contribution in [0.3, 0.4) is 0 Å². The van der Waals surface area contributed by atoms with E-state index in [1.807, 2.05) is 13.2 Å². The molecule has 0 spiro atoms. The summed E-state index contributed by atoms with van der Waals surface area (Å²) in [7, 11) is 1.81. The molecule has 30 heavy (non-hydrogen) atoms. The molecule has 0 atom stereocenters. The number of aliphatic imine (C=N–C) groups is 1. The molecule has 3 N–H and O–H groups in total. The third-order valence-corrected chi connectivity index (χ3v) is 5.54. The van der Waals surface area contributed by atoms with Crippen molar-refractivity contribution < 1.29 is 0 Å². The van der Waals surface area contributed by atoms with Gasteiger partial charge in [0.05, 0.1) is 0 Å². The van der Waals surface area contributed by atoms with Crippen molar-refractivity contribution in [1.82, 2.24) is 20.6 Å². The van der Waals surface area contributed by atoms with E-state index in [1.165, 1.54) is 41.3 Å². The van der Waals surface area contributed by atoms with Gasteiger partial charge in [-0.15, -0.1) is 24.0 Å². The van der Waals surface area contributed by atoms with Crippen LogP contribution < -0.4 is 15.5 Å². The first-order valence-electron chi connectivity index (χ1n) is 10.5. The van der Waals surface area contributed by atoms with Crippen molar-refractivity contribution in [3.63, 3.8) is 0 Å². The number of halogens is 1. The van der Waals surface area contributed by atoms with Gasteiger partial charge in [0.25, 0.3) is 0 Å². The lowest BCUT2D eigenvalue weighted by atomic mass is 10.1. The molecule has 1 aliphatic heterocycles. The van der Waals surface area contributed by atoms with E-state index < -0.39 is 0 Å². The molecule has 1 fully saturated rings. The number of pyridine rings is 1. The van der Waals surface area contributed by atoms with Crippen molar-refractivity contribution in [2.75, 3.05) is 31.6 Å². The Labute approximate surface area is 195 Å². The van der Waals surface area contributed by atoms with Crippen LogP contribution in [0.1, 0.15) is 30.4 Å². The number of benzene rings is 1. The zero-order chi connectivity index (χ0) is 19.9. The number of H-pyrrole nitrogens is 1. The van der Waals surface area contributed by atoms with Gasteiger partial charge in [-0.3, -0.25) is 4.99 Å². The van der Waals surface area contributed by atoms with Crippen LogP contribution >= 0.6 is 24.0 Å². The van der Waals surface area contributed by atoms with Gasteiger partial charge >= 0.3 is 0 Å². The maximum absolute atomic E-state index is 4.56. The van der Waals surface area contributed by atoms with Gasteiger partial charge in [0.1, 0.15) is 5.82 Å². The van der Waals surface area contributed by atoms with Crippen molar-refractivity contribution in [2.24, 2.45) is 4.99 Å².